The fraction of sp³-hybridized carbons (Fsp3) is 0.250. The van der Waals surface area contributed by atoms with Gasteiger partial charge in [-0.05, 0) is 49.5 Å². The minimum Gasteiger partial charge on any atom is -0.508 e. The lowest BCUT2D eigenvalue weighted by Gasteiger charge is -2.19. The number of phenolic OH excluding ortho intramolecular Hbond substituents is 1. The molecule has 1 aromatic heterocycles. The van der Waals surface area contributed by atoms with E-state index < -0.39 is 0 Å². The van der Waals surface area contributed by atoms with Crippen molar-refractivity contribution in [1.29, 1.82) is 0 Å². The Balaban J connectivity index is 1.94. The third-order valence-corrected chi connectivity index (χ3v) is 5.15. The number of halogens is 2. The number of pyridine rings is 1. The molecule has 0 unspecified atom stereocenters. The first-order valence-electron chi connectivity index (χ1n) is 8.56. The first-order chi connectivity index (χ1) is 12.5. The minimum atomic E-state index is 0.303. The van der Waals surface area contributed by atoms with Gasteiger partial charge >= 0.3 is 0 Å². The number of nitrogens with one attached hydrogen (secondary N) is 1. The Hall–Kier alpha value is -2.01. The maximum absolute atomic E-state index is 10.2. The summed E-state index contributed by atoms with van der Waals surface area (Å²) < 4.78 is 0. The highest BCUT2D eigenvalue weighted by Crippen LogP contribution is 2.33. The molecule has 0 saturated carbocycles. The Bertz CT molecular complexity index is 926. The monoisotopic (exact) mass is 389 g/mol. The van der Waals surface area contributed by atoms with E-state index in [2.05, 4.69) is 29.0 Å². The Labute approximate surface area is 163 Å². The summed E-state index contributed by atoms with van der Waals surface area (Å²) in [5.41, 5.74) is 3.43. The lowest BCUT2D eigenvalue weighted by atomic mass is 10.1. The lowest BCUT2D eigenvalue weighted by Crippen LogP contribution is -2.22. The molecule has 4 nitrogen and oxygen atoms in total. The van der Waals surface area contributed by atoms with E-state index >= 15 is 0 Å². The highest BCUT2D eigenvalue weighted by atomic mass is 35.5. The number of anilines is 2. The molecule has 0 spiro atoms. The van der Waals surface area contributed by atoms with Crippen molar-refractivity contribution in [2.45, 2.75) is 20.4 Å². The van der Waals surface area contributed by atoms with Crippen molar-refractivity contribution < 1.29 is 5.11 Å². The van der Waals surface area contributed by atoms with Crippen LogP contribution in [0.1, 0.15) is 19.4 Å². The third-order valence-electron chi connectivity index (χ3n) is 4.43. The molecule has 0 aliphatic rings. The van der Waals surface area contributed by atoms with Gasteiger partial charge in [-0.25, -0.2) is 0 Å². The standard InChI is InChI=1S/C20H21Cl2N3O/c1-3-25(4-2)12-13-9-14(5-6-20(13)26)24-18-7-8-23-19-11-17(22)16(21)10-15(18)19/h5-11,26H,3-4,12H2,1-2H3,(H,23,24). The topological polar surface area (TPSA) is 48.4 Å². The summed E-state index contributed by atoms with van der Waals surface area (Å²) in [4.78, 5) is 6.60. The van der Waals surface area contributed by atoms with Crippen molar-refractivity contribution >= 4 is 45.5 Å². The molecule has 0 fully saturated rings. The molecule has 3 rings (SSSR count). The van der Waals surface area contributed by atoms with Gasteiger partial charge < -0.3 is 10.4 Å². The molecular formula is C20H21Cl2N3O. The second kappa shape index (κ2) is 8.12. The maximum Gasteiger partial charge on any atom is 0.120 e. The first-order valence-corrected chi connectivity index (χ1v) is 9.32. The van der Waals surface area contributed by atoms with E-state index in [1.807, 2.05) is 24.3 Å². The summed E-state index contributed by atoms with van der Waals surface area (Å²) in [6.45, 7) is 6.79. The summed E-state index contributed by atoms with van der Waals surface area (Å²) in [7, 11) is 0. The SMILES string of the molecule is CCN(CC)Cc1cc(Nc2ccnc3cc(Cl)c(Cl)cc23)ccc1O. The second-order valence-corrected chi connectivity index (χ2v) is 6.89. The van der Waals surface area contributed by atoms with Crippen LogP contribution in [0.3, 0.4) is 0 Å². The molecule has 0 aliphatic heterocycles. The predicted octanol–water partition coefficient (Wildman–Crippen LogP) is 5.83. The van der Waals surface area contributed by atoms with Crippen LogP contribution in [0.2, 0.25) is 10.0 Å². The third kappa shape index (κ3) is 4.04. The molecule has 0 bridgehead atoms. The lowest BCUT2D eigenvalue weighted by molar-refractivity contribution is 0.291. The van der Waals surface area contributed by atoms with Gasteiger partial charge in [0.15, 0.2) is 0 Å². The van der Waals surface area contributed by atoms with Gasteiger partial charge in [0, 0.05) is 35.1 Å². The van der Waals surface area contributed by atoms with Crippen molar-refractivity contribution in [3.8, 4) is 5.75 Å². The molecule has 0 saturated heterocycles. The summed E-state index contributed by atoms with van der Waals surface area (Å²) in [5, 5.41) is 15.4. The molecule has 0 aliphatic carbocycles. The number of rotatable bonds is 6. The van der Waals surface area contributed by atoms with E-state index in [1.165, 1.54) is 0 Å². The zero-order valence-corrected chi connectivity index (χ0v) is 16.3. The summed E-state index contributed by atoms with van der Waals surface area (Å²) in [6.07, 6.45) is 1.73. The van der Waals surface area contributed by atoms with Crippen LogP contribution in [0.25, 0.3) is 10.9 Å². The summed E-state index contributed by atoms with van der Waals surface area (Å²) >= 11 is 12.3. The molecule has 2 aromatic carbocycles. The van der Waals surface area contributed by atoms with Crippen molar-refractivity contribution in [3.05, 3.63) is 58.2 Å². The van der Waals surface area contributed by atoms with Crippen molar-refractivity contribution in [2.75, 3.05) is 18.4 Å². The van der Waals surface area contributed by atoms with Gasteiger partial charge in [0.2, 0.25) is 0 Å². The number of aromatic nitrogens is 1. The molecular weight excluding hydrogens is 369 g/mol. The van der Waals surface area contributed by atoms with Gasteiger partial charge in [0.05, 0.1) is 15.6 Å². The van der Waals surface area contributed by atoms with Gasteiger partial charge in [-0.3, -0.25) is 9.88 Å². The van der Waals surface area contributed by atoms with Crippen LogP contribution in [-0.4, -0.2) is 28.1 Å². The van der Waals surface area contributed by atoms with Gasteiger partial charge in [-0.1, -0.05) is 37.0 Å². The predicted molar refractivity (Wildman–Crippen MR) is 110 cm³/mol. The average molecular weight is 390 g/mol. The Morgan fingerprint density at radius 3 is 2.50 bits per heavy atom. The number of nitrogens with zero attached hydrogens (tertiary/aromatic N) is 2. The number of phenols is 1. The maximum atomic E-state index is 10.2. The Morgan fingerprint density at radius 2 is 1.77 bits per heavy atom. The molecule has 0 atom stereocenters. The summed E-state index contributed by atoms with van der Waals surface area (Å²) in [6, 6.07) is 11.0. The van der Waals surface area contributed by atoms with Gasteiger partial charge in [0.1, 0.15) is 5.75 Å². The minimum absolute atomic E-state index is 0.303. The van der Waals surface area contributed by atoms with Crippen molar-refractivity contribution in [2.24, 2.45) is 0 Å². The molecule has 1 heterocycles. The largest absolute Gasteiger partial charge is 0.508 e. The fourth-order valence-electron chi connectivity index (χ4n) is 2.88. The van der Waals surface area contributed by atoms with E-state index in [-0.39, 0.29) is 0 Å². The number of hydrogen-bond donors (Lipinski definition) is 2. The van der Waals surface area contributed by atoms with Gasteiger partial charge in [-0.15, -0.1) is 0 Å². The quantitative estimate of drug-likeness (QED) is 0.520. The molecule has 0 radical (unpaired) electrons. The van der Waals surface area contributed by atoms with E-state index in [0.29, 0.717) is 22.3 Å². The van der Waals surface area contributed by atoms with E-state index in [4.69, 9.17) is 23.2 Å². The van der Waals surface area contributed by atoms with Crippen molar-refractivity contribution in [1.82, 2.24) is 9.88 Å². The number of hydrogen-bond acceptors (Lipinski definition) is 4. The zero-order valence-electron chi connectivity index (χ0n) is 14.8. The zero-order chi connectivity index (χ0) is 18.7. The van der Waals surface area contributed by atoms with Crippen LogP contribution < -0.4 is 5.32 Å². The average Bonchev–Trinajstić information content (AvgIpc) is 2.63. The van der Waals surface area contributed by atoms with Crippen LogP contribution in [0.4, 0.5) is 11.4 Å². The fourth-order valence-corrected chi connectivity index (χ4v) is 3.20. The van der Waals surface area contributed by atoms with Crippen LogP contribution in [-0.2, 0) is 6.54 Å². The first kappa shape index (κ1) is 18.8. The highest BCUT2D eigenvalue weighted by Gasteiger charge is 2.10. The van der Waals surface area contributed by atoms with Crippen LogP contribution >= 0.6 is 23.2 Å². The van der Waals surface area contributed by atoms with Gasteiger partial charge in [0.25, 0.3) is 0 Å². The van der Waals surface area contributed by atoms with Crippen LogP contribution in [0.15, 0.2) is 42.6 Å². The Morgan fingerprint density at radius 1 is 1.04 bits per heavy atom. The van der Waals surface area contributed by atoms with Crippen molar-refractivity contribution in [3.63, 3.8) is 0 Å². The van der Waals surface area contributed by atoms with E-state index in [1.54, 1.807) is 18.3 Å². The second-order valence-electron chi connectivity index (χ2n) is 6.07. The number of aromatic hydroxyl groups is 1. The van der Waals surface area contributed by atoms with Crippen LogP contribution in [0.5, 0.6) is 5.75 Å². The van der Waals surface area contributed by atoms with Gasteiger partial charge in [-0.2, -0.15) is 0 Å². The van der Waals surface area contributed by atoms with E-state index in [0.717, 1.165) is 40.9 Å². The summed E-state index contributed by atoms with van der Waals surface area (Å²) in [5.74, 6) is 0.303. The normalized spacial score (nSPS) is 11.3. The number of fused-ring (bicyclic) bond motifs is 1. The smallest absolute Gasteiger partial charge is 0.120 e. The molecule has 26 heavy (non-hydrogen) atoms. The molecule has 6 heteroatoms. The molecule has 136 valence electrons. The molecule has 3 aromatic rings. The Kier molecular flexibility index (Phi) is 5.87. The molecule has 0 amide bonds. The molecule has 2 N–H and O–H groups in total. The van der Waals surface area contributed by atoms with E-state index in [9.17, 15) is 5.11 Å². The number of benzene rings is 2. The van der Waals surface area contributed by atoms with Crippen LogP contribution in [0, 0.1) is 0 Å². The highest BCUT2D eigenvalue weighted by molar-refractivity contribution is 6.42.